The fourth-order valence-corrected chi connectivity index (χ4v) is 2.80. The third kappa shape index (κ3) is 6.98. The Labute approximate surface area is 105 Å². The molecule has 0 aliphatic carbocycles. The summed E-state index contributed by atoms with van der Waals surface area (Å²) in [5.74, 6) is 0.0772. The van der Waals surface area contributed by atoms with Crippen LogP contribution in [0.4, 0.5) is 0 Å². The summed E-state index contributed by atoms with van der Waals surface area (Å²) in [4.78, 5) is 2.46. The lowest BCUT2D eigenvalue weighted by Gasteiger charge is -2.18. The summed E-state index contributed by atoms with van der Waals surface area (Å²) in [6.45, 7) is 6.39. The molecule has 1 atom stereocenters. The first-order chi connectivity index (χ1) is 8.01. The number of hydrogen-bond donors (Lipinski definition) is 2. The second-order valence-corrected chi connectivity index (χ2v) is 6.47. The van der Waals surface area contributed by atoms with E-state index in [0.717, 1.165) is 26.1 Å². The molecular formula is C11H25N3O2S. The molecule has 1 aliphatic rings. The van der Waals surface area contributed by atoms with Crippen LogP contribution in [0.1, 0.15) is 32.6 Å². The van der Waals surface area contributed by atoms with E-state index in [1.54, 1.807) is 0 Å². The molecule has 0 aromatic heterocycles. The summed E-state index contributed by atoms with van der Waals surface area (Å²) in [6, 6.07) is 0.534. The molecule has 5 nitrogen and oxygen atoms in total. The zero-order chi connectivity index (χ0) is 12.7. The largest absolute Gasteiger partial charge is 0.314 e. The summed E-state index contributed by atoms with van der Waals surface area (Å²) in [7, 11) is -3.30. The highest BCUT2D eigenvalue weighted by Gasteiger charge is 2.15. The van der Waals surface area contributed by atoms with Crippen LogP contribution >= 0.6 is 0 Å². The van der Waals surface area contributed by atoms with E-state index in [1.807, 2.05) is 0 Å². The van der Waals surface area contributed by atoms with Gasteiger partial charge in [0.05, 0.1) is 5.75 Å². The van der Waals surface area contributed by atoms with Gasteiger partial charge in [0.15, 0.2) is 0 Å². The average Bonchev–Trinajstić information content (AvgIpc) is 2.48. The van der Waals surface area contributed by atoms with E-state index in [0.29, 0.717) is 12.5 Å². The van der Waals surface area contributed by atoms with E-state index in [-0.39, 0.29) is 5.75 Å². The zero-order valence-corrected chi connectivity index (χ0v) is 11.5. The molecule has 0 saturated carbocycles. The molecule has 1 rings (SSSR count). The van der Waals surface area contributed by atoms with Crippen molar-refractivity contribution in [3.8, 4) is 0 Å². The third-order valence-electron chi connectivity index (χ3n) is 3.31. The molecule has 0 aromatic carbocycles. The van der Waals surface area contributed by atoms with Crippen LogP contribution in [0.2, 0.25) is 0 Å². The van der Waals surface area contributed by atoms with Crippen molar-refractivity contribution in [2.75, 3.05) is 31.9 Å². The molecule has 1 fully saturated rings. The van der Waals surface area contributed by atoms with Gasteiger partial charge in [0.1, 0.15) is 0 Å². The number of nitrogens with zero attached hydrogens (tertiary/aromatic N) is 1. The number of nitrogens with one attached hydrogen (secondary N) is 1. The zero-order valence-electron chi connectivity index (χ0n) is 10.7. The maximum Gasteiger partial charge on any atom is 0.209 e. The molecule has 17 heavy (non-hydrogen) atoms. The van der Waals surface area contributed by atoms with Crippen molar-refractivity contribution in [3.63, 3.8) is 0 Å². The highest BCUT2D eigenvalue weighted by molar-refractivity contribution is 7.89. The van der Waals surface area contributed by atoms with Gasteiger partial charge in [-0.2, -0.15) is 0 Å². The van der Waals surface area contributed by atoms with Gasteiger partial charge in [0.25, 0.3) is 0 Å². The van der Waals surface area contributed by atoms with Crippen LogP contribution in [0.5, 0.6) is 0 Å². The van der Waals surface area contributed by atoms with Crippen LogP contribution in [0.25, 0.3) is 0 Å². The minimum absolute atomic E-state index is 0.0772. The Balaban J connectivity index is 2.15. The Hall–Kier alpha value is -0.170. The Morgan fingerprint density at radius 3 is 2.76 bits per heavy atom. The molecule has 0 spiro atoms. The average molecular weight is 263 g/mol. The maximum absolute atomic E-state index is 10.8. The van der Waals surface area contributed by atoms with Gasteiger partial charge in [0, 0.05) is 6.04 Å². The van der Waals surface area contributed by atoms with Gasteiger partial charge in [-0.05, 0) is 51.9 Å². The molecule has 1 aliphatic heterocycles. The van der Waals surface area contributed by atoms with Gasteiger partial charge < -0.3 is 10.2 Å². The number of nitrogens with two attached hydrogens (primary N) is 1. The number of sulfonamides is 1. The molecule has 0 aromatic rings. The summed E-state index contributed by atoms with van der Waals surface area (Å²) >= 11 is 0. The number of rotatable bonds is 6. The van der Waals surface area contributed by atoms with E-state index < -0.39 is 10.0 Å². The predicted octanol–water partition coefficient (Wildman–Crippen LogP) is 0.129. The SMILES string of the molecule is CCN1CCCC(NCCCS(N)(=O)=O)CC1. The van der Waals surface area contributed by atoms with Crippen molar-refractivity contribution in [3.05, 3.63) is 0 Å². The summed E-state index contributed by atoms with van der Waals surface area (Å²) in [5, 5.41) is 8.39. The van der Waals surface area contributed by atoms with Gasteiger partial charge in [-0.3, -0.25) is 0 Å². The number of primary sulfonamides is 1. The topological polar surface area (TPSA) is 75.4 Å². The van der Waals surface area contributed by atoms with Gasteiger partial charge in [-0.15, -0.1) is 0 Å². The van der Waals surface area contributed by atoms with Gasteiger partial charge in [-0.1, -0.05) is 6.92 Å². The molecule has 0 bridgehead atoms. The van der Waals surface area contributed by atoms with Gasteiger partial charge >= 0.3 is 0 Å². The van der Waals surface area contributed by atoms with Crippen molar-refractivity contribution in [1.29, 1.82) is 0 Å². The van der Waals surface area contributed by atoms with Crippen LogP contribution in [-0.4, -0.2) is 51.3 Å². The summed E-state index contributed by atoms with van der Waals surface area (Å²) in [6.07, 6.45) is 4.17. The molecule has 1 unspecified atom stereocenters. The van der Waals surface area contributed by atoms with Crippen LogP contribution < -0.4 is 10.5 Å². The predicted molar refractivity (Wildman–Crippen MR) is 70.3 cm³/mol. The minimum Gasteiger partial charge on any atom is -0.314 e. The lowest BCUT2D eigenvalue weighted by Crippen LogP contribution is -2.32. The lowest BCUT2D eigenvalue weighted by atomic mass is 10.1. The third-order valence-corrected chi connectivity index (χ3v) is 4.16. The standard InChI is InChI=1S/C11H25N3O2S/c1-2-14-8-3-5-11(6-9-14)13-7-4-10-17(12,15)16/h11,13H,2-10H2,1H3,(H2,12,15,16). The molecule has 1 heterocycles. The quantitative estimate of drug-likeness (QED) is 0.668. The van der Waals surface area contributed by atoms with Crippen molar-refractivity contribution in [1.82, 2.24) is 10.2 Å². The Kier molecular flexibility index (Phi) is 6.40. The smallest absolute Gasteiger partial charge is 0.209 e. The first-order valence-electron chi connectivity index (χ1n) is 6.47. The Morgan fingerprint density at radius 2 is 2.12 bits per heavy atom. The van der Waals surface area contributed by atoms with E-state index in [2.05, 4.69) is 17.1 Å². The number of hydrogen-bond acceptors (Lipinski definition) is 4. The summed E-state index contributed by atoms with van der Waals surface area (Å²) in [5.41, 5.74) is 0. The lowest BCUT2D eigenvalue weighted by molar-refractivity contribution is 0.297. The Bertz CT molecular complexity index is 306. The van der Waals surface area contributed by atoms with Crippen LogP contribution in [-0.2, 0) is 10.0 Å². The van der Waals surface area contributed by atoms with Crippen LogP contribution in [0.3, 0.4) is 0 Å². The summed E-state index contributed by atoms with van der Waals surface area (Å²) < 4.78 is 21.5. The van der Waals surface area contributed by atoms with Gasteiger partial charge in [-0.25, -0.2) is 13.6 Å². The normalized spacial score (nSPS) is 23.5. The molecular weight excluding hydrogens is 238 g/mol. The molecule has 1 saturated heterocycles. The molecule has 0 amide bonds. The molecule has 102 valence electrons. The Morgan fingerprint density at radius 1 is 1.35 bits per heavy atom. The second kappa shape index (κ2) is 7.31. The van der Waals surface area contributed by atoms with E-state index in [4.69, 9.17) is 5.14 Å². The highest BCUT2D eigenvalue weighted by Crippen LogP contribution is 2.10. The van der Waals surface area contributed by atoms with E-state index in [1.165, 1.54) is 19.4 Å². The first kappa shape index (κ1) is 14.9. The van der Waals surface area contributed by atoms with E-state index >= 15 is 0 Å². The molecule has 3 N–H and O–H groups in total. The first-order valence-corrected chi connectivity index (χ1v) is 8.19. The van der Waals surface area contributed by atoms with Gasteiger partial charge in [0.2, 0.25) is 10.0 Å². The van der Waals surface area contributed by atoms with Crippen molar-refractivity contribution >= 4 is 10.0 Å². The minimum atomic E-state index is -3.30. The fraction of sp³-hybridized carbons (Fsp3) is 1.00. The second-order valence-electron chi connectivity index (χ2n) is 4.74. The monoisotopic (exact) mass is 263 g/mol. The number of likely N-dealkylation sites (tertiary alicyclic amines) is 1. The van der Waals surface area contributed by atoms with E-state index in [9.17, 15) is 8.42 Å². The fourth-order valence-electron chi connectivity index (χ4n) is 2.26. The van der Waals surface area contributed by atoms with Crippen molar-refractivity contribution in [2.24, 2.45) is 5.14 Å². The van der Waals surface area contributed by atoms with Crippen molar-refractivity contribution < 1.29 is 8.42 Å². The molecule has 6 heteroatoms. The highest BCUT2D eigenvalue weighted by atomic mass is 32.2. The maximum atomic E-state index is 10.8. The van der Waals surface area contributed by atoms with Crippen LogP contribution in [0, 0.1) is 0 Å². The van der Waals surface area contributed by atoms with Crippen LogP contribution in [0.15, 0.2) is 0 Å². The molecule has 0 radical (unpaired) electrons. The van der Waals surface area contributed by atoms with Crippen molar-refractivity contribution in [2.45, 2.75) is 38.6 Å².